The van der Waals surface area contributed by atoms with E-state index in [0.717, 1.165) is 5.56 Å². The van der Waals surface area contributed by atoms with Crippen LogP contribution in [-0.2, 0) is 4.79 Å². The highest BCUT2D eigenvalue weighted by Gasteiger charge is 2.30. The van der Waals surface area contributed by atoms with Crippen molar-refractivity contribution in [3.05, 3.63) is 58.5 Å². The first-order valence-corrected chi connectivity index (χ1v) is 9.65. The molecule has 1 fully saturated rings. The molecule has 0 atom stereocenters. The third kappa shape index (κ3) is 4.43. The van der Waals surface area contributed by atoms with Gasteiger partial charge < -0.3 is 14.6 Å². The van der Waals surface area contributed by atoms with Crippen LogP contribution >= 0.6 is 11.8 Å². The number of benzene rings is 2. The minimum absolute atomic E-state index is 0.179. The second kappa shape index (κ2) is 8.83. The second-order valence-electron chi connectivity index (χ2n) is 6.03. The standard InChI is InChI=1S/C21H20N2O5S/c1-4-28-18-14(6-5-7-16(18)27-3)12-17-19(24)23(2)21(29-17)22-15-10-8-13(9-11-15)20(25)26/h5-12H,4H2,1-3H3,(H,25,26)/b17-12+,22-21?. The summed E-state index contributed by atoms with van der Waals surface area (Å²) in [6.07, 6.45) is 1.76. The molecule has 0 radical (unpaired) electrons. The van der Waals surface area contributed by atoms with Gasteiger partial charge in [-0.25, -0.2) is 9.79 Å². The Hall–Kier alpha value is -3.26. The lowest BCUT2D eigenvalue weighted by Gasteiger charge is -2.12. The molecular weight excluding hydrogens is 392 g/mol. The number of aliphatic imine (C=N–C) groups is 1. The molecule has 0 bridgehead atoms. The molecular formula is C21H20N2O5S. The van der Waals surface area contributed by atoms with E-state index in [1.165, 1.54) is 28.8 Å². The van der Waals surface area contributed by atoms with Crippen LogP contribution in [0.3, 0.4) is 0 Å². The number of likely N-dealkylation sites (N-methyl/N-ethyl adjacent to an activating group) is 1. The van der Waals surface area contributed by atoms with Crippen LogP contribution in [0.1, 0.15) is 22.8 Å². The number of carbonyl (C=O) groups excluding carboxylic acids is 1. The Morgan fingerprint density at radius 3 is 2.59 bits per heavy atom. The summed E-state index contributed by atoms with van der Waals surface area (Å²) in [7, 11) is 3.22. The fraction of sp³-hybridized carbons (Fsp3) is 0.190. The smallest absolute Gasteiger partial charge is 0.335 e. The first-order valence-electron chi connectivity index (χ1n) is 8.84. The Bertz CT molecular complexity index is 999. The number of thioether (sulfide) groups is 1. The first-order chi connectivity index (χ1) is 13.9. The average Bonchev–Trinajstić information content (AvgIpc) is 2.97. The van der Waals surface area contributed by atoms with Crippen molar-refractivity contribution in [1.82, 2.24) is 4.90 Å². The van der Waals surface area contributed by atoms with Gasteiger partial charge in [0.25, 0.3) is 5.91 Å². The maximum absolute atomic E-state index is 12.7. The van der Waals surface area contributed by atoms with Crippen LogP contribution in [0.15, 0.2) is 52.4 Å². The predicted octanol–water partition coefficient (Wildman–Crippen LogP) is 4.03. The Kier molecular flexibility index (Phi) is 6.23. The van der Waals surface area contributed by atoms with Crippen LogP contribution in [0.25, 0.3) is 6.08 Å². The van der Waals surface area contributed by atoms with Gasteiger partial charge in [0, 0.05) is 12.6 Å². The largest absolute Gasteiger partial charge is 0.493 e. The monoisotopic (exact) mass is 412 g/mol. The number of para-hydroxylation sites is 1. The third-order valence-corrected chi connectivity index (χ3v) is 5.21. The van der Waals surface area contributed by atoms with Gasteiger partial charge in [0.15, 0.2) is 16.7 Å². The summed E-state index contributed by atoms with van der Waals surface area (Å²) < 4.78 is 11.1. The van der Waals surface area contributed by atoms with Crippen molar-refractivity contribution in [3.63, 3.8) is 0 Å². The number of hydrogen-bond acceptors (Lipinski definition) is 6. The van der Waals surface area contributed by atoms with E-state index in [2.05, 4.69) is 4.99 Å². The van der Waals surface area contributed by atoms with Gasteiger partial charge in [-0.15, -0.1) is 0 Å². The maximum Gasteiger partial charge on any atom is 0.335 e. The minimum Gasteiger partial charge on any atom is -0.493 e. The van der Waals surface area contributed by atoms with Crippen molar-refractivity contribution >= 4 is 40.6 Å². The lowest BCUT2D eigenvalue weighted by Crippen LogP contribution is -2.23. The number of amides is 1. The van der Waals surface area contributed by atoms with Gasteiger partial charge in [0.2, 0.25) is 0 Å². The highest BCUT2D eigenvalue weighted by atomic mass is 32.2. The number of carboxylic acids is 1. The number of rotatable bonds is 6. The summed E-state index contributed by atoms with van der Waals surface area (Å²) in [5.74, 6) is -0.00496. The molecule has 29 heavy (non-hydrogen) atoms. The van der Waals surface area contributed by atoms with E-state index in [0.29, 0.717) is 33.9 Å². The molecule has 0 aliphatic carbocycles. The molecule has 2 aromatic carbocycles. The molecule has 0 saturated carbocycles. The fourth-order valence-electron chi connectivity index (χ4n) is 2.69. The fourth-order valence-corrected chi connectivity index (χ4v) is 3.67. The van der Waals surface area contributed by atoms with Gasteiger partial charge in [0.1, 0.15) is 0 Å². The van der Waals surface area contributed by atoms with Crippen LogP contribution in [-0.4, -0.2) is 47.8 Å². The number of carboxylic acid groups (broad SMARTS) is 1. The highest BCUT2D eigenvalue weighted by molar-refractivity contribution is 8.18. The zero-order valence-electron chi connectivity index (χ0n) is 16.2. The Morgan fingerprint density at radius 1 is 1.24 bits per heavy atom. The SMILES string of the molecule is CCOc1c(/C=C2/SC(=Nc3ccc(C(=O)O)cc3)N(C)C2=O)cccc1OC. The van der Waals surface area contributed by atoms with Crippen molar-refractivity contribution in [2.45, 2.75) is 6.92 Å². The Morgan fingerprint density at radius 2 is 1.97 bits per heavy atom. The normalized spacial score (nSPS) is 16.5. The van der Waals surface area contributed by atoms with E-state index in [9.17, 15) is 9.59 Å². The maximum atomic E-state index is 12.7. The van der Waals surface area contributed by atoms with Crippen LogP contribution in [0.2, 0.25) is 0 Å². The molecule has 7 nitrogen and oxygen atoms in total. The number of amidine groups is 1. The molecule has 1 N–H and O–H groups in total. The van der Waals surface area contributed by atoms with Gasteiger partial charge in [-0.3, -0.25) is 9.69 Å². The summed E-state index contributed by atoms with van der Waals surface area (Å²) in [6, 6.07) is 11.7. The van der Waals surface area contributed by atoms with Crippen LogP contribution in [0.5, 0.6) is 11.5 Å². The zero-order valence-corrected chi connectivity index (χ0v) is 17.0. The molecule has 1 heterocycles. The van der Waals surface area contributed by atoms with E-state index in [1.807, 2.05) is 19.1 Å². The van der Waals surface area contributed by atoms with Gasteiger partial charge >= 0.3 is 5.97 Å². The zero-order chi connectivity index (χ0) is 21.0. The van der Waals surface area contributed by atoms with E-state index >= 15 is 0 Å². The van der Waals surface area contributed by atoms with Crippen molar-refractivity contribution in [2.75, 3.05) is 20.8 Å². The molecule has 3 rings (SSSR count). The van der Waals surface area contributed by atoms with Gasteiger partial charge in [-0.2, -0.15) is 0 Å². The molecule has 150 valence electrons. The average molecular weight is 412 g/mol. The molecule has 1 saturated heterocycles. The molecule has 0 aromatic heterocycles. The predicted molar refractivity (Wildman–Crippen MR) is 113 cm³/mol. The lowest BCUT2D eigenvalue weighted by molar-refractivity contribution is -0.121. The van der Waals surface area contributed by atoms with Crippen molar-refractivity contribution in [2.24, 2.45) is 4.99 Å². The second-order valence-corrected chi connectivity index (χ2v) is 7.04. The quantitative estimate of drug-likeness (QED) is 0.721. The molecule has 2 aromatic rings. The van der Waals surface area contributed by atoms with E-state index in [-0.39, 0.29) is 11.5 Å². The Labute approximate surface area is 172 Å². The molecule has 1 aliphatic rings. The van der Waals surface area contributed by atoms with E-state index in [4.69, 9.17) is 14.6 Å². The summed E-state index contributed by atoms with van der Waals surface area (Å²) in [4.78, 5) is 30.1. The summed E-state index contributed by atoms with van der Waals surface area (Å²) in [5.41, 5.74) is 1.48. The summed E-state index contributed by atoms with van der Waals surface area (Å²) in [6.45, 7) is 2.35. The van der Waals surface area contributed by atoms with Gasteiger partial charge in [0.05, 0.1) is 29.9 Å². The molecule has 8 heteroatoms. The number of hydrogen-bond donors (Lipinski definition) is 1. The summed E-state index contributed by atoms with van der Waals surface area (Å²) >= 11 is 1.24. The van der Waals surface area contributed by atoms with E-state index < -0.39 is 5.97 Å². The molecule has 0 unspecified atom stereocenters. The van der Waals surface area contributed by atoms with Crippen LogP contribution < -0.4 is 9.47 Å². The summed E-state index contributed by atoms with van der Waals surface area (Å²) in [5, 5.41) is 9.49. The van der Waals surface area contributed by atoms with Crippen molar-refractivity contribution < 1.29 is 24.2 Å². The topological polar surface area (TPSA) is 88.4 Å². The minimum atomic E-state index is -1.000. The number of nitrogens with zero attached hydrogens (tertiary/aromatic N) is 2. The molecule has 1 amide bonds. The van der Waals surface area contributed by atoms with Crippen molar-refractivity contribution in [1.29, 1.82) is 0 Å². The third-order valence-electron chi connectivity index (χ3n) is 4.15. The van der Waals surface area contributed by atoms with Crippen LogP contribution in [0.4, 0.5) is 5.69 Å². The van der Waals surface area contributed by atoms with Gasteiger partial charge in [-0.1, -0.05) is 12.1 Å². The number of ether oxygens (including phenoxy) is 2. The molecule has 0 spiro atoms. The van der Waals surface area contributed by atoms with E-state index in [1.54, 1.807) is 38.4 Å². The molecule has 1 aliphatic heterocycles. The van der Waals surface area contributed by atoms with Crippen LogP contribution in [0, 0.1) is 0 Å². The first kappa shape index (κ1) is 20.5. The van der Waals surface area contributed by atoms with Crippen molar-refractivity contribution in [3.8, 4) is 11.5 Å². The number of carbonyl (C=O) groups is 2. The van der Waals surface area contributed by atoms with Gasteiger partial charge in [-0.05, 0) is 55.1 Å². The highest BCUT2D eigenvalue weighted by Crippen LogP contribution is 2.37. The Balaban J connectivity index is 1.92. The number of aromatic carboxylic acids is 1. The number of methoxy groups -OCH3 is 1. The lowest BCUT2D eigenvalue weighted by atomic mass is 10.1.